The lowest BCUT2D eigenvalue weighted by atomic mass is 9.94. The van der Waals surface area contributed by atoms with Gasteiger partial charge in [-0.2, -0.15) is 0 Å². The van der Waals surface area contributed by atoms with Crippen LogP contribution < -0.4 is 0 Å². The summed E-state index contributed by atoms with van der Waals surface area (Å²) in [5.41, 5.74) is 0.342. The van der Waals surface area contributed by atoms with Crippen molar-refractivity contribution in [1.82, 2.24) is 4.57 Å². The van der Waals surface area contributed by atoms with Crippen LogP contribution in [0.15, 0.2) is 24.3 Å². The van der Waals surface area contributed by atoms with Crippen molar-refractivity contribution < 1.29 is 4.39 Å². The molecule has 1 nitrogen and oxygen atoms in total. The molecular weight excluding hydrogens is 181 g/mol. The molecule has 0 aliphatic heterocycles. The quantitative estimate of drug-likeness (QED) is 0.652. The van der Waals surface area contributed by atoms with Crippen LogP contribution in [0.1, 0.15) is 19.4 Å². The molecule has 1 aromatic rings. The first kappa shape index (κ1) is 10.4. The van der Waals surface area contributed by atoms with Gasteiger partial charge in [-0.15, -0.1) is 0 Å². The van der Waals surface area contributed by atoms with Crippen molar-refractivity contribution in [1.29, 1.82) is 0 Å². The zero-order valence-corrected chi connectivity index (χ0v) is 9.13. The lowest BCUT2D eigenvalue weighted by Gasteiger charge is -2.33. The Hall–Kier alpha value is -0.673. The Morgan fingerprint density at radius 3 is 2.31 bits per heavy atom. The molecule has 0 amide bonds. The van der Waals surface area contributed by atoms with Crippen molar-refractivity contribution in [3.05, 3.63) is 35.6 Å². The van der Waals surface area contributed by atoms with Gasteiger partial charge in [-0.3, -0.25) is 0 Å². The van der Waals surface area contributed by atoms with Crippen LogP contribution in [0.2, 0.25) is 0 Å². The van der Waals surface area contributed by atoms with Gasteiger partial charge in [0.1, 0.15) is 16.2 Å². The Morgan fingerprint density at radius 1 is 1.31 bits per heavy atom. The summed E-state index contributed by atoms with van der Waals surface area (Å²) in [6, 6.07) is 6.82. The lowest BCUT2D eigenvalue weighted by Crippen LogP contribution is -2.37. The van der Waals surface area contributed by atoms with Crippen LogP contribution in [0.4, 0.5) is 4.39 Å². The van der Waals surface area contributed by atoms with E-state index in [9.17, 15) is 4.39 Å². The zero-order chi connectivity index (χ0) is 10.1. The predicted octanol–water partition coefficient (Wildman–Crippen LogP) is 2.08. The average Bonchev–Trinajstić information content (AvgIpc) is 2.04. The molecule has 0 unspecified atom stereocenters. The Morgan fingerprint density at radius 2 is 1.85 bits per heavy atom. The van der Waals surface area contributed by atoms with Crippen molar-refractivity contribution in [2.24, 2.45) is 0 Å². The molecule has 0 saturated carbocycles. The van der Waals surface area contributed by atoms with Crippen molar-refractivity contribution >= 4 is 10.4 Å². The fraction of sp³-hybridized carbons (Fsp3) is 0.400. The van der Waals surface area contributed by atoms with E-state index in [0.717, 1.165) is 0 Å². The monoisotopic (exact) mass is 194 g/mol. The molecule has 1 aromatic carbocycles. The van der Waals surface area contributed by atoms with Gasteiger partial charge >= 0.3 is 0 Å². The van der Waals surface area contributed by atoms with E-state index < -0.39 is 0 Å². The molecule has 0 N–H and O–H groups in total. The maximum absolute atomic E-state index is 13.4. The van der Waals surface area contributed by atoms with E-state index in [1.807, 2.05) is 31.5 Å². The molecule has 0 aliphatic rings. The topological polar surface area (TPSA) is 3.24 Å². The fourth-order valence-electron chi connectivity index (χ4n) is 1.14. The summed E-state index contributed by atoms with van der Waals surface area (Å²) in [5, 5.41) is 0. The minimum atomic E-state index is -0.345. The molecule has 0 aliphatic carbocycles. The van der Waals surface area contributed by atoms with Crippen LogP contribution in [0.25, 0.3) is 0 Å². The minimum absolute atomic E-state index is 0.169. The second kappa shape index (κ2) is 3.60. The second-order valence-electron chi connectivity index (χ2n) is 3.60. The third-order valence-electron chi connectivity index (χ3n) is 2.37. The molecule has 3 heteroatoms. The third-order valence-corrected chi connectivity index (χ3v) is 2.93. The van der Waals surface area contributed by atoms with E-state index in [1.165, 1.54) is 6.07 Å². The van der Waals surface area contributed by atoms with Gasteiger partial charge in [0.25, 0.3) is 0 Å². The molecule has 0 atom stereocenters. The predicted molar refractivity (Wildman–Crippen MR) is 52.9 cm³/mol. The van der Waals surface area contributed by atoms with E-state index in [1.54, 1.807) is 12.1 Å². The van der Waals surface area contributed by atoms with Crippen LogP contribution in [-0.2, 0) is 5.54 Å². The summed E-state index contributed by atoms with van der Waals surface area (Å²) in [6.07, 6.45) is 0. The van der Waals surface area contributed by atoms with Crippen LogP contribution >= 0.6 is 0 Å². The average molecular weight is 194 g/mol. The summed E-state index contributed by atoms with van der Waals surface area (Å²) >= 11 is 0. The number of hydrogen-bond donors (Lipinski definition) is 0. The first-order chi connectivity index (χ1) is 5.96. The van der Waals surface area contributed by atoms with Gasteiger partial charge in [-0.05, 0) is 27.0 Å². The Balaban J connectivity index is 3.14. The summed E-state index contributed by atoms with van der Waals surface area (Å²) in [5.74, 6) is -0.169. The van der Waals surface area contributed by atoms with Gasteiger partial charge in [-0.25, -0.2) is 4.39 Å². The summed E-state index contributed by atoms with van der Waals surface area (Å²) in [7, 11) is 5.25. The maximum Gasteiger partial charge on any atom is 0.144 e. The molecular formula is C10H13FNSi. The molecule has 0 aromatic heterocycles. The highest BCUT2D eigenvalue weighted by molar-refractivity contribution is 6.04. The van der Waals surface area contributed by atoms with Crippen molar-refractivity contribution in [2.75, 3.05) is 7.05 Å². The first-order valence-corrected chi connectivity index (χ1v) is 4.61. The second-order valence-corrected chi connectivity index (χ2v) is 4.27. The fourth-order valence-corrected chi connectivity index (χ4v) is 1.26. The van der Waals surface area contributed by atoms with Crippen LogP contribution in [-0.4, -0.2) is 22.0 Å². The summed E-state index contributed by atoms with van der Waals surface area (Å²) in [6.45, 7) is 3.91. The van der Waals surface area contributed by atoms with Gasteiger partial charge < -0.3 is 4.57 Å². The van der Waals surface area contributed by atoms with E-state index in [-0.39, 0.29) is 11.4 Å². The van der Waals surface area contributed by atoms with E-state index in [0.29, 0.717) is 5.56 Å². The number of hydrogen-bond acceptors (Lipinski definition) is 1. The molecule has 0 saturated heterocycles. The molecule has 3 radical (unpaired) electrons. The van der Waals surface area contributed by atoms with Crippen molar-refractivity contribution in [3.63, 3.8) is 0 Å². The van der Waals surface area contributed by atoms with Crippen LogP contribution in [0.3, 0.4) is 0 Å². The Kier molecular flexibility index (Phi) is 2.88. The third kappa shape index (κ3) is 1.98. The molecule has 0 fully saturated rings. The largest absolute Gasteiger partial charge is 0.321 e. The summed E-state index contributed by atoms with van der Waals surface area (Å²) < 4.78 is 15.2. The minimum Gasteiger partial charge on any atom is -0.321 e. The van der Waals surface area contributed by atoms with E-state index >= 15 is 0 Å². The number of rotatable bonds is 2. The van der Waals surface area contributed by atoms with Crippen LogP contribution in [0.5, 0.6) is 0 Å². The van der Waals surface area contributed by atoms with Gasteiger partial charge in [0, 0.05) is 11.1 Å². The highest BCUT2D eigenvalue weighted by Crippen LogP contribution is 2.26. The Labute approximate surface area is 82.1 Å². The molecule has 13 heavy (non-hydrogen) atoms. The van der Waals surface area contributed by atoms with Gasteiger partial charge in [0.05, 0.1) is 0 Å². The summed E-state index contributed by atoms with van der Waals surface area (Å²) in [4.78, 5) is 0. The number of nitrogens with zero attached hydrogens (tertiary/aromatic N) is 1. The maximum atomic E-state index is 13.4. The smallest absolute Gasteiger partial charge is 0.144 e. The molecule has 1 rings (SSSR count). The number of benzene rings is 1. The molecule has 0 spiro atoms. The lowest BCUT2D eigenvalue weighted by molar-refractivity contribution is 0.273. The Bertz CT molecular complexity index is 297. The molecule has 69 valence electrons. The van der Waals surface area contributed by atoms with Gasteiger partial charge in [0.15, 0.2) is 0 Å². The normalized spacial score (nSPS) is 12.2. The SMILES string of the molecule is CN([Si])C(C)(C)c1ccccc1F. The van der Waals surface area contributed by atoms with Gasteiger partial charge in [-0.1, -0.05) is 18.2 Å². The highest BCUT2D eigenvalue weighted by Gasteiger charge is 2.25. The highest BCUT2D eigenvalue weighted by atomic mass is 28.2. The van der Waals surface area contributed by atoms with E-state index in [2.05, 4.69) is 10.4 Å². The van der Waals surface area contributed by atoms with Crippen LogP contribution in [0, 0.1) is 5.82 Å². The van der Waals surface area contributed by atoms with E-state index in [4.69, 9.17) is 0 Å². The van der Waals surface area contributed by atoms with Crippen molar-refractivity contribution in [3.8, 4) is 0 Å². The molecule has 0 bridgehead atoms. The van der Waals surface area contributed by atoms with Crippen molar-refractivity contribution in [2.45, 2.75) is 19.4 Å². The first-order valence-electron chi connectivity index (χ1n) is 4.16. The molecule has 0 heterocycles. The standard InChI is InChI=1S/C10H13FNSi/c1-10(2,12(3)13)8-6-4-5-7-9(8)11/h4-7H,1-3H3. The van der Waals surface area contributed by atoms with Gasteiger partial charge in [0.2, 0.25) is 0 Å². The number of halogens is 1. The zero-order valence-electron chi connectivity index (χ0n) is 8.13.